The lowest BCUT2D eigenvalue weighted by Crippen LogP contribution is -2.05. The van der Waals surface area contributed by atoms with Gasteiger partial charge in [0.25, 0.3) is 0 Å². The van der Waals surface area contributed by atoms with Gasteiger partial charge in [-0.15, -0.1) is 5.10 Å². The molecule has 0 aliphatic rings. The molecule has 4 aromatic rings. The molecule has 0 aliphatic heterocycles. The van der Waals surface area contributed by atoms with Crippen LogP contribution in [-0.2, 0) is 13.1 Å². The third-order valence-corrected chi connectivity index (χ3v) is 3.91. The van der Waals surface area contributed by atoms with Crippen LogP contribution >= 0.6 is 0 Å². The monoisotopic (exact) mass is 331 g/mol. The van der Waals surface area contributed by atoms with E-state index in [1.807, 2.05) is 42.5 Å². The number of nitrogens with two attached hydrogens (primary N) is 1. The summed E-state index contributed by atoms with van der Waals surface area (Å²) in [7, 11) is 0. The van der Waals surface area contributed by atoms with E-state index in [9.17, 15) is 0 Å². The van der Waals surface area contributed by atoms with E-state index in [0.717, 1.165) is 16.8 Å². The van der Waals surface area contributed by atoms with Crippen LogP contribution < -0.4 is 11.1 Å². The number of rotatable bonds is 5. The van der Waals surface area contributed by atoms with E-state index in [1.165, 1.54) is 6.33 Å². The summed E-state index contributed by atoms with van der Waals surface area (Å²) in [6.45, 7) is 1.24. The van der Waals surface area contributed by atoms with Crippen molar-refractivity contribution in [1.29, 1.82) is 0 Å². The van der Waals surface area contributed by atoms with Gasteiger partial charge in [-0.2, -0.15) is 0 Å². The normalized spacial score (nSPS) is 10.9. The number of fused-ring (bicyclic) bond motifs is 1. The second-order valence-electron chi connectivity index (χ2n) is 5.72. The van der Waals surface area contributed by atoms with E-state index in [2.05, 4.69) is 37.7 Å². The van der Waals surface area contributed by atoms with E-state index in [-0.39, 0.29) is 0 Å². The lowest BCUT2D eigenvalue weighted by Gasteiger charge is -2.06. The van der Waals surface area contributed by atoms with Crippen LogP contribution in [0.3, 0.4) is 0 Å². The van der Waals surface area contributed by atoms with Crippen molar-refractivity contribution in [3.05, 3.63) is 72.1 Å². The molecule has 25 heavy (non-hydrogen) atoms. The molecule has 0 atom stereocenters. The minimum absolute atomic E-state index is 0.617. The number of nitrogens with zero attached hydrogens (tertiary/aromatic N) is 5. The molecular weight excluding hydrogens is 314 g/mol. The maximum absolute atomic E-state index is 5.71. The van der Waals surface area contributed by atoms with Crippen molar-refractivity contribution in [2.45, 2.75) is 13.1 Å². The fraction of sp³-hybridized carbons (Fsp3) is 0.111. The van der Waals surface area contributed by atoms with E-state index in [0.29, 0.717) is 30.1 Å². The third-order valence-electron chi connectivity index (χ3n) is 3.91. The van der Waals surface area contributed by atoms with Crippen molar-refractivity contribution in [2.24, 2.45) is 0 Å². The Labute approximate surface area is 144 Å². The average Bonchev–Trinajstić information content (AvgIpc) is 3.06. The van der Waals surface area contributed by atoms with Gasteiger partial charge in [-0.1, -0.05) is 47.7 Å². The standard InChI is InChI=1S/C18H17N7/c19-15-8-6-13(7-9-15)10-20-17-16-18(22-12-21-17)25(24-23-16)11-14-4-2-1-3-5-14/h1-9,12H,10-11,19H2,(H,20,21,22). The van der Waals surface area contributed by atoms with Gasteiger partial charge in [0.15, 0.2) is 17.0 Å². The largest absolute Gasteiger partial charge is 0.399 e. The Morgan fingerprint density at radius 3 is 2.52 bits per heavy atom. The summed E-state index contributed by atoms with van der Waals surface area (Å²) in [6.07, 6.45) is 1.53. The smallest absolute Gasteiger partial charge is 0.184 e. The Balaban J connectivity index is 1.57. The molecule has 124 valence electrons. The summed E-state index contributed by atoms with van der Waals surface area (Å²) in [5, 5.41) is 11.8. The molecule has 3 N–H and O–H groups in total. The molecule has 4 rings (SSSR count). The Kier molecular flexibility index (Phi) is 3.96. The van der Waals surface area contributed by atoms with E-state index in [4.69, 9.17) is 5.73 Å². The topological polar surface area (TPSA) is 94.5 Å². The number of hydrogen-bond donors (Lipinski definition) is 2. The van der Waals surface area contributed by atoms with E-state index in [1.54, 1.807) is 4.68 Å². The highest BCUT2D eigenvalue weighted by molar-refractivity contribution is 5.81. The van der Waals surface area contributed by atoms with Crippen LogP contribution in [-0.4, -0.2) is 25.0 Å². The number of anilines is 2. The molecule has 0 amide bonds. The summed E-state index contributed by atoms with van der Waals surface area (Å²) < 4.78 is 1.78. The number of aromatic nitrogens is 5. The minimum Gasteiger partial charge on any atom is -0.399 e. The van der Waals surface area contributed by atoms with Gasteiger partial charge in [0.05, 0.1) is 6.54 Å². The summed E-state index contributed by atoms with van der Waals surface area (Å²) in [5.41, 5.74) is 10.1. The second kappa shape index (κ2) is 6.56. The van der Waals surface area contributed by atoms with Gasteiger partial charge < -0.3 is 11.1 Å². The Morgan fingerprint density at radius 2 is 1.72 bits per heavy atom. The van der Waals surface area contributed by atoms with Gasteiger partial charge >= 0.3 is 0 Å². The van der Waals surface area contributed by atoms with Gasteiger partial charge in [-0.25, -0.2) is 14.6 Å². The van der Waals surface area contributed by atoms with Crippen molar-refractivity contribution in [2.75, 3.05) is 11.1 Å². The van der Waals surface area contributed by atoms with Crippen LogP contribution in [0.25, 0.3) is 11.2 Å². The summed E-state index contributed by atoms with van der Waals surface area (Å²) in [4.78, 5) is 8.63. The summed E-state index contributed by atoms with van der Waals surface area (Å²) in [6, 6.07) is 17.8. The Morgan fingerprint density at radius 1 is 0.920 bits per heavy atom. The molecule has 0 bridgehead atoms. The van der Waals surface area contributed by atoms with Crippen LogP contribution in [0.4, 0.5) is 11.5 Å². The molecule has 2 aromatic carbocycles. The van der Waals surface area contributed by atoms with E-state index < -0.39 is 0 Å². The predicted octanol–water partition coefficient (Wildman–Crippen LogP) is 2.46. The molecule has 0 fully saturated rings. The van der Waals surface area contributed by atoms with Gasteiger partial charge in [0.1, 0.15) is 6.33 Å². The predicted molar refractivity (Wildman–Crippen MR) is 96.8 cm³/mol. The highest BCUT2D eigenvalue weighted by Gasteiger charge is 2.11. The fourth-order valence-electron chi connectivity index (χ4n) is 2.61. The van der Waals surface area contributed by atoms with Gasteiger partial charge in [0.2, 0.25) is 0 Å². The fourth-order valence-corrected chi connectivity index (χ4v) is 2.61. The van der Waals surface area contributed by atoms with Gasteiger partial charge in [-0.05, 0) is 23.3 Å². The van der Waals surface area contributed by atoms with Crippen LogP contribution in [0, 0.1) is 0 Å². The zero-order chi connectivity index (χ0) is 17.1. The van der Waals surface area contributed by atoms with Crippen molar-refractivity contribution in [3.8, 4) is 0 Å². The van der Waals surface area contributed by atoms with Crippen molar-refractivity contribution in [3.63, 3.8) is 0 Å². The van der Waals surface area contributed by atoms with Gasteiger partial charge in [-0.3, -0.25) is 0 Å². The maximum Gasteiger partial charge on any atom is 0.184 e. The van der Waals surface area contributed by atoms with Crippen LogP contribution in [0.15, 0.2) is 60.9 Å². The number of nitrogen functional groups attached to an aromatic ring is 1. The lowest BCUT2D eigenvalue weighted by atomic mass is 10.2. The summed E-state index contributed by atoms with van der Waals surface area (Å²) in [5.74, 6) is 0.668. The van der Waals surface area contributed by atoms with Crippen LogP contribution in [0.2, 0.25) is 0 Å². The zero-order valence-corrected chi connectivity index (χ0v) is 13.5. The first-order valence-corrected chi connectivity index (χ1v) is 7.96. The van der Waals surface area contributed by atoms with Crippen molar-refractivity contribution >= 4 is 22.7 Å². The highest BCUT2D eigenvalue weighted by Crippen LogP contribution is 2.18. The zero-order valence-electron chi connectivity index (χ0n) is 13.5. The molecule has 2 heterocycles. The van der Waals surface area contributed by atoms with Crippen molar-refractivity contribution in [1.82, 2.24) is 25.0 Å². The van der Waals surface area contributed by atoms with Gasteiger partial charge in [0, 0.05) is 12.2 Å². The number of hydrogen-bond acceptors (Lipinski definition) is 6. The first-order valence-electron chi connectivity index (χ1n) is 7.96. The lowest BCUT2D eigenvalue weighted by molar-refractivity contribution is 0.664. The number of nitrogens with one attached hydrogen (secondary N) is 1. The first-order chi connectivity index (χ1) is 12.3. The average molecular weight is 331 g/mol. The molecule has 7 nitrogen and oxygen atoms in total. The SMILES string of the molecule is Nc1ccc(CNc2ncnc3c2nnn3Cc2ccccc2)cc1. The minimum atomic E-state index is 0.617. The van der Waals surface area contributed by atoms with Crippen molar-refractivity contribution < 1.29 is 0 Å². The summed E-state index contributed by atoms with van der Waals surface area (Å²) >= 11 is 0. The second-order valence-corrected chi connectivity index (χ2v) is 5.72. The molecule has 2 aromatic heterocycles. The highest BCUT2D eigenvalue weighted by atomic mass is 15.4. The first kappa shape index (κ1) is 15.1. The molecule has 0 unspecified atom stereocenters. The Hall–Kier alpha value is -3.48. The van der Waals surface area contributed by atoms with Crippen LogP contribution in [0.1, 0.15) is 11.1 Å². The molecule has 0 saturated heterocycles. The molecule has 0 aliphatic carbocycles. The molecule has 0 saturated carbocycles. The molecular formula is C18H17N7. The molecule has 0 radical (unpaired) electrons. The van der Waals surface area contributed by atoms with Crippen LogP contribution in [0.5, 0.6) is 0 Å². The number of benzene rings is 2. The third kappa shape index (κ3) is 3.25. The Bertz CT molecular complexity index is 977. The molecule has 0 spiro atoms. The maximum atomic E-state index is 5.71. The molecule has 7 heteroatoms. The quantitative estimate of drug-likeness (QED) is 0.546. The van der Waals surface area contributed by atoms with E-state index >= 15 is 0 Å².